The first-order chi connectivity index (χ1) is 7.95. The molecule has 0 radical (unpaired) electrons. The molecule has 1 aromatic carbocycles. The molecule has 2 N–H and O–H groups in total. The Hall–Kier alpha value is -2.03. The normalized spacial score (nSPS) is 14.8. The molecule has 3 heteroatoms. The molecule has 0 unspecified atom stereocenters. The van der Waals surface area contributed by atoms with E-state index in [-0.39, 0.29) is 0 Å². The highest BCUT2D eigenvalue weighted by molar-refractivity contribution is 5.74. The van der Waals surface area contributed by atoms with E-state index in [0.717, 1.165) is 23.7 Å². The molecular weight excluding hydrogens is 198 g/mol. The molecule has 4 rings (SSSR count). The zero-order chi connectivity index (χ0) is 10.5. The average molecular weight is 209 g/mol. The lowest BCUT2D eigenvalue weighted by Gasteiger charge is -2.05. The van der Waals surface area contributed by atoms with E-state index < -0.39 is 0 Å². The van der Waals surface area contributed by atoms with E-state index in [4.69, 9.17) is 0 Å². The first kappa shape index (κ1) is 8.16. The largest absolute Gasteiger partial charge is 0.359 e. The van der Waals surface area contributed by atoms with Gasteiger partial charge in [-0.1, -0.05) is 18.2 Å². The minimum absolute atomic E-state index is 0.934. The van der Waals surface area contributed by atoms with Crippen LogP contribution in [-0.2, 0) is 6.42 Å². The fourth-order valence-corrected chi connectivity index (χ4v) is 2.68. The van der Waals surface area contributed by atoms with Gasteiger partial charge in [0.2, 0.25) is 0 Å². The van der Waals surface area contributed by atoms with Crippen LogP contribution in [0.4, 0.5) is 0 Å². The molecule has 0 spiro atoms. The van der Waals surface area contributed by atoms with Crippen molar-refractivity contribution in [1.82, 2.24) is 10.4 Å². The first-order valence-electron chi connectivity index (χ1n) is 5.56. The third-order valence-corrected chi connectivity index (χ3v) is 3.36. The van der Waals surface area contributed by atoms with E-state index in [9.17, 15) is 0 Å². The summed E-state index contributed by atoms with van der Waals surface area (Å²) in [5.74, 6) is 0. The Labute approximate surface area is 91.8 Å². The molecular formula is C13H11N3. The lowest BCUT2D eigenvalue weighted by molar-refractivity contribution is 0.673. The number of nitrogens with one attached hydrogen (secondary N) is 2. The van der Waals surface area contributed by atoms with Crippen molar-refractivity contribution in [2.45, 2.75) is 6.42 Å². The number of hydrogen-bond donors (Lipinski definition) is 2. The molecule has 0 bridgehead atoms. The molecule has 0 aromatic heterocycles. The van der Waals surface area contributed by atoms with Crippen LogP contribution in [0.2, 0.25) is 0 Å². The zero-order valence-corrected chi connectivity index (χ0v) is 8.75. The maximum Gasteiger partial charge on any atom is 0.111 e. The molecule has 0 saturated carbocycles. The monoisotopic (exact) mass is 209 g/mol. The molecule has 3 nitrogen and oxygen atoms in total. The van der Waals surface area contributed by atoms with Gasteiger partial charge in [-0.05, 0) is 28.8 Å². The zero-order valence-electron chi connectivity index (χ0n) is 8.75. The van der Waals surface area contributed by atoms with Crippen LogP contribution in [0.1, 0.15) is 5.56 Å². The van der Waals surface area contributed by atoms with Gasteiger partial charge in [0.1, 0.15) is 5.36 Å². The molecule has 78 valence electrons. The van der Waals surface area contributed by atoms with Crippen LogP contribution >= 0.6 is 0 Å². The van der Waals surface area contributed by atoms with Crippen LogP contribution in [0.3, 0.4) is 0 Å². The van der Waals surface area contributed by atoms with Crippen molar-refractivity contribution in [2.75, 3.05) is 6.54 Å². The van der Waals surface area contributed by atoms with E-state index in [1.165, 1.54) is 21.6 Å². The van der Waals surface area contributed by atoms with Gasteiger partial charge < -0.3 is 10.4 Å². The Morgan fingerprint density at radius 2 is 2.19 bits per heavy atom. The summed E-state index contributed by atoms with van der Waals surface area (Å²) in [6.07, 6.45) is 3.04. The highest BCUT2D eigenvalue weighted by atomic mass is 15.3. The van der Waals surface area contributed by atoms with Crippen LogP contribution in [0.15, 0.2) is 35.6 Å². The molecule has 0 atom stereocenters. The van der Waals surface area contributed by atoms with Crippen molar-refractivity contribution in [3.05, 3.63) is 52.0 Å². The van der Waals surface area contributed by atoms with Gasteiger partial charge in [-0.3, -0.25) is 0 Å². The maximum atomic E-state index is 4.43. The minimum Gasteiger partial charge on any atom is -0.359 e. The van der Waals surface area contributed by atoms with E-state index in [0.29, 0.717) is 0 Å². The molecule has 2 aliphatic heterocycles. The fourth-order valence-electron chi connectivity index (χ4n) is 2.68. The van der Waals surface area contributed by atoms with Gasteiger partial charge in [-0.2, -0.15) is 5.10 Å². The Bertz CT molecular complexity index is 785. The number of rotatable bonds is 0. The SMILES string of the molecule is c1cc2cc[nH]c3c4c(c(c1)c2=3)CCNN=4. The van der Waals surface area contributed by atoms with Crippen molar-refractivity contribution in [3.8, 4) is 0 Å². The number of fused-ring (bicyclic) bond motifs is 3. The molecule has 2 heterocycles. The van der Waals surface area contributed by atoms with Gasteiger partial charge in [-0.25, -0.2) is 0 Å². The molecule has 1 aromatic rings. The third kappa shape index (κ3) is 0.858. The third-order valence-electron chi connectivity index (χ3n) is 3.36. The topological polar surface area (TPSA) is 40.2 Å². The lowest BCUT2D eigenvalue weighted by Crippen LogP contribution is -2.25. The van der Waals surface area contributed by atoms with Gasteiger partial charge >= 0.3 is 0 Å². The van der Waals surface area contributed by atoms with Gasteiger partial charge in [0, 0.05) is 18.0 Å². The van der Waals surface area contributed by atoms with Gasteiger partial charge in [0.15, 0.2) is 0 Å². The van der Waals surface area contributed by atoms with E-state index in [1.54, 1.807) is 0 Å². The van der Waals surface area contributed by atoms with Crippen molar-refractivity contribution in [3.63, 3.8) is 0 Å². The van der Waals surface area contributed by atoms with Crippen LogP contribution in [0, 0.1) is 10.6 Å². The second-order valence-electron chi connectivity index (χ2n) is 4.22. The second-order valence-corrected chi connectivity index (χ2v) is 4.22. The average Bonchev–Trinajstić information content (AvgIpc) is 2.68. The summed E-state index contributed by atoms with van der Waals surface area (Å²) in [5.41, 5.74) is 4.46. The Morgan fingerprint density at radius 3 is 3.19 bits per heavy atom. The first-order valence-corrected chi connectivity index (χ1v) is 5.56. The number of nitrogens with zero attached hydrogens (tertiary/aromatic N) is 1. The van der Waals surface area contributed by atoms with Crippen LogP contribution in [0.25, 0.3) is 10.8 Å². The Kier molecular flexibility index (Phi) is 1.41. The summed E-state index contributed by atoms with van der Waals surface area (Å²) < 4.78 is 0. The minimum atomic E-state index is 0.934. The quantitative estimate of drug-likeness (QED) is 0.575. The van der Waals surface area contributed by atoms with Crippen molar-refractivity contribution in [2.24, 2.45) is 5.10 Å². The van der Waals surface area contributed by atoms with Gasteiger partial charge in [0.25, 0.3) is 0 Å². The van der Waals surface area contributed by atoms with Crippen LogP contribution in [-0.4, -0.2) is 11.5 Å². The number of hydrogen-bond acceptors (Lipinski definition) is 2. The fraction of sp³-hybridized carbons (Fsp3) is 0.154. The molecule has 16 heavy (non-hydrogen) atoms. The predicted molar refractivity (Wildman–Crippen MR) is 62.1 cm³/mol. The summed E-state index contributed by atoms with van der Waals surface area (Å²) >= 11 is 0. The summed E-state index contributed by atoms with van der Waals surface area (Å²) in [7, 11) is 0. The highest BCUT2D eigenvalue weighted by Crippen LogP contribution is 2.19. The van der Waals surface area contributed by atoms with E-state index >= 15 is 0 Å². The van der Waals surface area contributed by atoms with Gasteiger partial charge in [0.05, 0.1) is 5.35 Å². The van der Waals surface area contributed by atoms with E-state index in [2.05, 4.69) is 39.8 Å². The number of aromatic nitrogens is 1. The number of benzene rings is 1. The molecule has 1 aliphatic carbocycles. The smallest absolute Gasteiger partial charge is 0.111 e. The number of aromatic amines is 1. The van der Waals surface area contributed by atoms with Crippen LogP contribution < -0.4 is 10.8 Å². The summed E-state index contributed by atoms with van der Waals surface area (Å²) in [6.45, 7) is 0.934. The summed E-state index contributed by atoms with van der Waals surface area (Å²) in [5, 5.41) is 10.6. The second kappa shape index (κ2) is 2.76. The van der Waals surface area contributed by atoms with E-state index in [1.807, 2.05) is 6.20 Å². The highest BCUT2D eigenvalue weighted by Gasteiger charge is 2.13. The Morgan fingerprint density at radius 1 is 1.19 bits per heavy atom. The summed E-state index contributed by atoms with van der Waals surface area (Å²) in [6, 6.07) is 8.60. The summed E-state index contributed by atoms with van der Waals surface area (Å²) in [4.78, 5) is 3.32. The molecule has 0 fully saturated rings. The number of H-pyrrole nitrogens is 1. The van der Waals surface area contributed by atoms with Crippen molar-refractivity contribution in [1.29, 1.82) is 0 Å². The lowest BCUT2D eigenvalue weighted by atomic mass is 10.1. The molecule has 0 amide bonds. The van der Waals surface area contributed by atoms with Crippen molar-refractivity contribution < 1.29 is 0 Å². The standard InChI is InChI=1S/C13H11N3/c1-2-8-4-6-14-13-11(8)9(3-1)10-5-7-15-16-12(10)13/h1-4,6,14-15H,5,7H2. The predicted octanol–water partition coefficient (Wildman–Crippen LogP) is 1.29. The Balaban J connectivity index is 2.46. The maximum absolute atomic E-state index is 4.43. The van der Waals surface area contributed by atoms with Crippen LogP contribution in [0.5, 0.6) is 0 Å². The molecule has 3 aliphatic rings. The molecule has 0 saturated heterocycles. The van der Waals surface area contributed by atoms with Gasteiger partial charge in [-0.15, -0.1) is 0 Å². The van der Waals surface area contributed by atoms with Crippen molar-refractivity contribution >= 4 is 10.8 Å².